The molecule has 9 atom stereocenters. The van der Waals surface area contributed by atoms with Gasteiger partial charge in [0.25, 0.3) is 0 Å². The van der Waals surface area contributed by atoms with Crippen molar-refractivity contribution in [1.82, 2.24) is 42.1 Å². The Hall–Kier alpha value is -6.15. The Bertz CT molecular complexity index is 2050. The second-order valence-corrected chi connectivity index (χ2v) is 19.9. The van der Waals surface area contributed by atoms with E-state index < -0.39 is 145 Å². The third-order valence-electron chi connectivity index (χ3n) is 11.3. The standard InChI is InChI=1S/C43H65N11O13S2/c1-5-22(4)35-42(66)48-26(12-13-32(45)56)38(62)50-29(17-33(46)57)39(63)52-30(20-69-68-19-25(44)36(60)49-28(40(64)53-35)16-23-8-10-24(55)11-9-23)43(67)54-14-6-7-31(54)41(65)51-27(15-21(2)3)37(61)47-18-34(58)59/h8-11,21-22,25-31,35,55H,5-7,12-20,44H2,1-4H3,(H2,45,56)(H2,46,57)(H,47,61)(H,48,66)(H,49,60)(H,50,62)(H,51,65)(H,52,63)(H,53,64)(H,58,59)/t22?,25-,26+,27+,28+,29+,30-,31+,35+/m1/s1. The predicted molar refractivity (Wildman–Crippen MR) is 253 cm³/mol. The van der Waals surface area contributed by atoms with Gasteiger partial charge >= 0.3 is 5.97 Å². The zero-order valence-electron chi connectivity index (χ0n) is 38.9. The number of aromatic hydroxyl groups is 1. The molecule has 69 heavy (non-hydrogen) atoms. The highest BCUT2D eigenvalue weighted by Gasteiger charge is 2.41. The number of phenolic OH excluding ortho intramolecular Hbond substituents is 1. The number of carboxylic acid groups (broad SMARTS) is 1. The molecule has 2 heterocycles. The van der Waals surface area contributed by atoms with E-state index in [1.807, 2.05) is 0 Å². The number of nitrogens with two attached hydrogens (primary N) is 3. The maximum atomic E-state index is 14.5. The first kappa shape index (κ1) is 57.2. The quantitative estimate of drug-likeness (QED) is 0.0692. The highest BCUT2D eigenvalue weighted by Crippen LogP contribution is 2.26. The van der Waals surface area contributed by atoms with E-state index in [-0.39, 0.29) is 49.0 Å². The number of carboxylic acids is 1. The van der Waals surface area contributed by atoms with Crippen molar-refractivity contribution in [3.63, 3.8) is 0 Å². The van der Waals surface area contributed by atoms with E-state index in [0.29, 0.717) is 18.4 Å². The number of aliphatic carboxylic acids is 1. The van der Waals surface area contributed by atoms with Gasteiger partial charge < -0.3 is 69.5 Å². The van der Waals surface area contributed by atoms with E-state index in [0.717, 1.165) is 21.6 Å². The van der Waals surface area contributed by atoms with E-state index in [2.05, 4.69) is 37.2 Å². The number of carbonyl (C=O) groups is 11. The fourth-order valence-electron chi connectivity index (χ4n) is 7.33. The smallest absolute Gasteiger partial charge is 0.322 e. The molecule has 2 fully saturated rings. The van der Waals surface area contributed by atoms with Crippen molar-refractivity contribution in [2.75, 3.05) is 24.6 Å². The maximum absolute atomic E-state index is 14.5. The van der Waals surface area contributed by atoms with Gasteiger partial charge in [-0.3, -0.25) is 52.7 Å². The van der Waals surface area contributed by atoms with Crippen molar-refractivity contribution in [3.8, 4) is 5.75 Å². The second kappa shape index (κ2) is 27.7. The van der Waals surface area contributed by atoms with Crippen LogP contribution < -0.4 is 54.4 Å². The van der Waals surface area contributed by atoms with Crippen LogP contribution in [0.5, 0.6) is 5.75 Å². The molecule has 15 N–H and O–H groups in total. The van der Waals surface area contributed by atoms with Gasteiger partial charge in [-0.1, -0.05) is 67.8 Å². The van der Waals surface area contributed by atoms with Crippen molar-refractivity contribution in [1.29, 1.82) is 0 Å². The number of nitrogens with one attached hydrogen (secondary N) is 7. The number of rotatable bonds is 17. The Morgan fingerprint density at radius 3 is 2.03 bits per heavy atom. The van der Waals surface area contributed by atoms with Gasteiger partial charge in [0, 0.05) is 30.9 Å². The van der Waals surface area contributed by atoms with Crippen molar-refractivity contribution >= 4 is 86.6 Å². The Kier molecular flexibility index (Phi) is 23.0. The van der Waals surface area contributed by atoms with E-state index in [1.165, 1.54) is 29.2 Å². The number of benzene rings is 1. The number of primary amides is 2. The van der Waals surface area contributed by atoms with E-state index in [9.17, 15) is 57.8 Å². The lowest BCUT2D eigenvalue weighted by Crippen LogP contribution is -2.61. The van der Waals surface area contributed by atoms with Gasteiger partial charge in [0.05, 0.1) is 12.5 Å². The molecule has 0 bridgehead atoms. The van der Waals surface area contributed by atoms with Crippen LogP contribution in [0.25, 0.3) is 0 Å². The van der Waals surface area contributed by atoms with Crippen LogP contribution in [0.4, 0.5) is 0 Å². The minimum atomic E-state index is -1.76. The topological polar surface area (TPSA) is 394 Å². The average Bonchev–Trinajstić information content (AvgIpc) is 3.78. The van der Waals surface area contributed by atoms with Crippen molar-refractivity contribution < 1.29 is 63.0 Å². The first-order valence-electron chi connectivity index (χ1n) is 22.5. The summed E-state index contributed by atoms with van der Waals surface area (Å²) in [7, 11) is 2.03. The third-order valence-corrected chi connectivity index (χ3v) is 13.7. The van der Waals surface area contributed by atoms with Crippen molar-refractivity contribution in [2.24, 2.45) is 29.0 Å². The molecule has 382 valence electrons. The molecule has 10 amide bonds. The molecule has 1 aromatic carbocycles. The van der Waals surface area contributed by atoms with Gasteiger partial charge in [-0.25, -0.2) is 0 Å². The molecule has 26 heteroatoms. The summed E-state index contributed by atoms with van der Waals surface area (Å²) < 4.78 is 0. The lowest BCUT2D eigenvalue weighted by atomic mass is 9.96. The van der Waals surface area contributed by atoms with Crippen molar-refractivity contribution in [3.05, 3.63) is 29.8 Å². The summed E-state index contributed by atoms with van der Waals surface area (Å²) in [4.78, 5) is 148. The molecule has 0 aromatic heterocycles. The summed E-state index contributed by atoms with van der Waals surface area (Å²) in [5.74, 6) is -11.1. The molecule has 0 spiro atoms. The van der Waals surface area contributed by atoms with Crippen LogP contribution in [0.1, 0.15) is 78.2 Å². The van der Waals surface area contributed by atoms with Crippen LogP contribution in [-0.2, 0) is 59.2 Å². The second-order valence-electron chi connectivity index (χ2n) is 17.3. The third kappa shape index (κ3) is 18.7. The number of phenols is 1. The molecule has 3 rings (SSSR count). The van der Waals surface area contributed by atoms with Crippen LogP contribution in [0.2, 0.25) is 0 Å². The van der Waals surface area contributed by atoms with Gasteiger partial charge in [0.1, 0.15) is 54.6 Å². The predicted octanol–water partition coefficient (Wildman–Crippen LogP) is -3.01. The fraction of sp³-hybridized carbons (Fsp3) is 0.605. The molecule has 1 unspecified atom stereocenters. The SMILES string of the molecule is CCC(C)[C@@H]1NC(=O)[C@H](Cc2ccc(O)cc2)NC(=O)[C@H](N)CSSC[C@H](C(=O)N2CCC[C@H]2C(=O)N[C@@H](CC(C)C)C(=O)NCC(=O)O)NC(=O)[C@H](CC(N)=O)NC(=O)[C@H](CCC(N)=O)NC1=O. The van der Waals surface area contributed by atoms with E-state index >= 15 is 0 Å². The minimum absolute atomic E-state index is 0.0332. The van der Waals surface area contributed by atoms with Gasteiger partial charge in [-0.2, -0.15) is 0 Å². The number of hydrogen-bond acceptors (Lipinski definition) is 15. The molecule has 2 saturated heterocycles. The number of amides is 10. The summed E-state index contributed by atoms with van der Waals surface area (Å²) in [6, 6.07) is -5.19. The van der Waals surface area contributed by atoms with Crippen LogP contribution in [0, 0.1) is 11.8 Å². The normalized spacial score (nSPS) is 24.3. The Balaban J connectivity index is 2.05. The first-order chi connectivity index (χ1) is 32.5. The Labute approximate surface area is 407 Å². The largest absolute Gasteiger partial charge is 0.508 e. The summed E-state index contributed by atoms with van der Waals surface area (Å²) in [6.45, 7) is 6.31. The number of nitrogens with zero attached hydrogens (tertiary/aromatic N) is 1. The summed E-state index contributed by atoms with van der Waals surface area (Å²) >= 11 is 0. The fourth-order valence-corrected chi connectivity index (χ4v) is 9.61. The summed E-state index contributed by atoms with van der Waals surface area (Å²) in [5.41, 5.74) is 17.7. The molecule has 2 aliphatic heterocycles. The number of likely N-dealkylation sites (tertiary alicyclic amines) is 1. The van der Waals surface area contributed by atoms with Crippen LogP contribution in [0.3, 0.4) is 0 Å². The number of hydrogen-bond donors (Lipinski definition) is 12. The zero-order valence-corrected chi connectivity index (χ0v) is 40.6. The maximum Gasteiger partial charge on any atom is 0.322 e. The molecule has 0 saturated carbocycles. The molecule has 0 aliphatic carbocycles. The van der Waals surface area contributed by atoms with E-state index in [1.54, 1.807) is 27.7 Å². The lowest BCUT2D eigenvalue weighted by molar-refractivity contribution is -0.142. The Morgan fingerprint density at radius 2 is 1.42 bits per heavy atom. The van der Waals surface area contributed by atoms with Gasteiger partial charge in [0.15, 0.2) is 0 Å². The molecule has 1 aromatic rings. The van der Waals surface area contributed by atoms with Gasteiger partial charge in [-0.15, -0.1) is 0 Å². The lowest BCUT2D eigenvalue weighted by Gasteiger charge is -2.31. The summed E-state index contributed by atoms with van der Waals surface area (Å²) in [6.07, 6.45) is -0.798. The monoisotopic (exact) mass is 1010 g/mol. The van der Waals surface area contributed by atoms with Crippen LogP contribution in [0.15, 0.2) is 24.3 Å². The van der Waals surface area contributed by atoms with Crippen LogP contribution >= 0.6 is 21.6 Å². The molecular weight excluding hydrogens is 943 g/mol. The average molecular weight is 1010 g/mol. The van der Waals surface area contributed by atoms with Crippen LogP contribution in [-0.4, -0.2) is 153 Å². The molecule has 0 radical (unpaired) electrons. The highest BCUT2D eigenvalue weighted by molar-refractivity contribution is 8.76. The highest BCUT2D eigenvalue weighted by atomic mass is 33.1. The molecule has 2 aliphatic rings. The summed E-state index contributed by atoms with van der Waals surface area (Å²) in [5, 5.41) is 36.6. The van der Waals surface area contributed by atoms with Crippen molar-refractivity contribution in [2.45, 2.75) is 127 Å². The van der Waals surface area contributed by atoms with Gasteiger partial charge in [-0.05, 0) is 55.2 Å². The molecule has 24 nitrogen and oxygen atoms in total. The van der Waals surface area contributed by atoms with Gasteiger partial charge in [0.2, 0.25) is 59.1 Å². The zero-order chi connectivity index (χ0) is 51.5. The van der Waals surface area contributed by atoms with E-state index in [4.69, 9.17) is 22.3 Å². The number of carbonyl (C=O) groups excluding carboxylic acids is 10. The first-order valence-corrected chi connectivity index (χ1v) is 25.0. The molecular formula is C43H65N11O13S2. The minimum Gasteiger partial charge on any atom is -0.508 e. The Morgan fingerprint density at radius 1 is 0.812 bits per heavy atom.